The van der Waals surface area contributed by atoms with Gasteiger partial charge in [-0.15, -0.1) is 0 Å². The van der Waals surface area contributed by atoms with Crippen LogP contribution in [0.3, 0.4) is 0 Å². The zero-order valence-corrected chi connectivity index (χ0v) is 33.7. The molecule has 2 unspecified atom stereocenters. The number of hydrogen-bond donors (Lipinski definition) is 1. The number of nitrogens with zero attached hydrogens (tertiary/aromatic N) is 5. The zero-order chi connectivity index (χ0) is 41.0. The number of aliphatic imine (C=N–C) groups is 4. The summed E-state index contributed by atoms with van der Waals surface area (Å²) in [7, 11) is 2.07. The quantitative estimate of drug-likeness (QED) is 0.158. The molecule has 0 amide bonds. The van der Waals surface area contributed by atoms with Crippen LogP contribution in [0.15, 0.2) is 238 Å². The molecule has 8 aromatic carbocycles. The van der Waals surface area contributed by atoms with Crippen molar-refractivity contribution in [2.24, 2.45) is 20.0 Å². The SMILES string of the molecule is CN1C(c2ccccc2)=NC(c2ccccc2-c2ccc(-c3ccccc3C3=NC(c4ccccc4)=NC(c4ccccc4)N3)c(-c3ccccc3)c2)=NC1c1ccccc1. The van der Waals surface area contributed by atoms with Crippen molar-refractivity contribution in [3.8, 4) is 33.4 Å². The third-order valence-electron chi connectivity index (χ3n) is 11.2. The van der Waals surface area contributed by atoms with Crippen LogP contribution in [0.1, 0.15) is 45.7 Å². The highest BCUT2D eigenvalue weighted by molar-refractivity contribution is 6.17. The minimum atomic E-state index is -0.307. The van der Waals surface area contributed by atoms with E-state index in [1.54, 1.807) is 0 Å². The molecular formula is C55H42N6. The fourth-order valence-electron chi connectivity index (χ4n) is 8.20. The topological polar surface area (TPSA) is 64.7 Å². The van der Waals surface area contributed by atoms with Gasteiger partial charge in [0.05, 0.1) is 0 Å². The number of benzene rings is 8. The van der Waals surface area contributed by atoms with Gasteiger partial charge >= 0.3 is 0 Å². The van der Waals surface area contributed by atoms with Crippen molar-refractivity contribution in [3.63, 3.8) is 0 Å². The summed E-state index contributed by atoms with van der Waals surface area (Å²) < 4.78 is 0. The summed E-state index contributed by atoms with van der Waals surface area (Å²) in [5.74, 6) is 3.03. The molecule has 0 saturated carbocycles. The second kappa shape index (κ2) is 16.7. The van der Waals surface area contributed by atoms with Gasteiger partial charge in [-0.2, -0.15) is 0 Å². The van der Waals surface area contributed by atoms with Crippen LogP contribution in [-0.4, -0.2) is 35.3 Å². The maximum absolute atomic E-state index is 5.36. The Morgan fingerprint density at radius 2 is 0.885 bits per heavy atom. The van der Waals surface area contributed by atoms with Crippen LogP contribution in [0.5, 0.6) is 0 Å². The van der Waals surface area contributed by atoms with Crippen LogP contribution in [0.2, 0.25) is 0 Å². The lowest BCUT2D eigenvalue weighted by Crippen LogP contribution is -2.35. The van der Waals surface area contributed by atoms with Gasteiger partial charge in [-0.05, 0) is 50.6 Å². The highest BCUT2D eigenvalue weighted by atomic mass is 15.3. The Morgan fingerprint density at radius 3 is 1.54 bits per heavy atom. The Kier molecular flexibility index (Phi) is 10.2. The predicted molar refractivity (Wildman–Crippen MR) is 251 cm³/mol. The molecule has 61 heavy (non-hydrogen) atoms. The van der Waals surface area contributed by atoms with Crippen molar-refractivity contribution in [2.75, 3.05) is 7.05 Å². The zero-order valence-electron chi connectivity index (χ0n) is 33.7. The first kappa shape index (κ1) is 37.3. The maximum atomic E-state index is 5.36. The van der Waals surface area contributed by atoms with Crippen molar-refractivity contribution >= 4 is 23.3 Å². The van der Waals surface area contributed by atoms with Crippen LogP contribution < -0.4 is 5.32 Å². The van der Waals surface area contributed by atoms with Gasteiger partial charge in [0.1, 0.15) is 24.0 Å². The van der Waals surface area contributed by atoms with Crippen LogP contribution in [0, 0.1) is 0 Å². The molecule has 0 spiro atoms. The number of amidine groups is 4. The summed E-state index contributed by atoms with van der Waals surface area (Å²) in [5.41, 5.74) is 12.7. The van der Waals surface area contributed by atoms with E-state index in [0.717, 1.165) is 78.4 Å². The van der Waals surface area contributed by atoms with Crippen molar-refractivity contribution in [1.82, 2.24) is 10.2 Å². The van der Waals surface area contributed by atoms with Crippen molar-refractivity contribution in [2.45, 2.75) is 12.3 Å². The summed E-state index contributed by atoms with van der Waals surface area (Å²) in [4.78, 5) is 23.1. The monoisotopic (exact) mass is 786 g/mol. The van der Waals surface area contributed by atoms with Crippen molar-refractivity contribution in [1.29, 1.82) is 0 Å². The average molecular weight is 787 g/mol. The lowest BCUT2D eigenvalue weighted by Gasteiger charge is -2.32. The highest BCUT2D eigenvalue weighted by Crippen LogP contribution is 2.39. The largest absolute Gasteiger partial charge is 0.344 e. The molecule has 0 aromatic heterocycles. The molecule has 0 aliphatic carbocycles. The Bertz CT molecular complexity index is 2940. The molecule has 10 rings (SSSR count). The fourth-order valence-corrected chi connectivity index (χ4v) is 8.20. The van der Waals surface area contributed by atoms with Crippen LogP contribution in [0.4, 0.5) is 0 Å². The van der Waals surface area contributed by atoms with E-state index < -0.39 is 0 Å². The lowest BCUT2D eigenvalue weighted by atomic mass is 9.88. The molecule has 292 valence electrons. The summed E-state index contributed by atoms with van der Waals surface area (Å²) in [5, 5.41) is 3.70. The van der Waals surface area contributed by atoms with Gasteiger partial charge in [0.15, 0.2) is 11.7 Å². The number of hydrogen-bond acceptors (Lipinski definition) is 6. The number of rotatable bonds is 9. The van der Waals surface area contributed by atoms with E-state index in [2.05, 4.69) is 199 Å². The molecule has 2 aliphatic heterocycles. The molecule has 1 N–H and O–H groups in total. The van der Waals surface area contributed by atoms with E-state index in [1.807, 2.05) is 36.4 Å². The average Bonchev–Trinajstić information content (AvgIpc) is 3.35. The van der Waals surface area contributed by atoms with Crippen LogP contribution in [0.25, 0.3) is 33.4 Å². The third kappa shape index (κ3) is 7.59. The Labute approximate surface area is 356 Å². The smallest absolute Gasteiger partial charge is 0.160 e. The summed E-state index contributed by atoms with van der Waals surface area (Å²) in [6.07, 6.45) is -0.556. The number of nitrogens with one attached hydrogen (secondary N) is 1. The van der Waals surface area contributed by atoms with Gasteiger partial charge in [-0.1, -0.05) is 212 Å². The highest BCUT2D eigenvalue weighted by Gasteiger charge is 2.28. The first-order valence-corrected chi connectivity index (χ1v) is 20.6. The van der Waals surface area contributed by atoms with E-state index in [0.29, 0.717) is 11.7 Å². The third-order valence-corrected chi connectivity index (χ3v) is 11.2. The molecule has 6 heteroatoms. The summed E-state index contributed by atoms with van der Waals surface area (Å²) in [6.45, 7) is 0. The molecule has 2 heterocycles. The van der Waals surface area contributed by atoms with Crippen LogP contribution in [-0.2, 0) is 0 Å². The molecular weight excluding hydrogens is 745 g/mol. The second-order valence-corrected chi connectivity index (χ2v) is 15.1. The summed E-state index contributed by atoms with van der Waals surface area (Å²) >= 11 is 0. The molecule has 0 bridgehead atoms. The summed E-state index contributed by atoms with van der Waals surface area (Å²) in [6, 6.07) is 75.8. The Hall–Kier alpha value is -7.96. The first-order chi connectivity index (χ1) is 30.2. The lowest BCUT2D eigenvalue weighted by molar-refractivity contribution is 0.383. The van der Waals surface area contributed by atoms with Gasteiger partial charge in [-0.3, -0.25) is 0 Å². The van der Waals surface area contributed by atoms with E-state index in [9.17, 15) is 0 Å². The standard InChI is InChI=1S/C55H42N6/c1-61-54(41-27-13-5-14-28-41)59-53(60-55(61)42-29-15-6-16-30-42)47-33-19-17-31-44(47)43-35-36-46(49(37-43)38-21-7-2-8-22-38)45-32-18-20-34-48(45)52-57-50(39-23-9-3-10-24-39)56-51(58-52)40-25-11-4-12-26-40/h2-37,50,54H,1H3,(H,56,57,58). The normalized spacial score (nSPS) is 16.1. The Morgan fingerprint density at radius 1 is 0.377 bits per heavy atom. The maximum Gasteiger partial charge on any atom is 0.160 e. The molecule has 0 saturated heterocycles. The molecule has 2 atom stereocenters. The molecule has 0 radical (unpaired) electrons. The van der Waals surface area contributed by atoms with E-state index in [4.69, 9.17) is 20.0 Å². The molecule has 8 aromatic rings. The second-order valence-electron chi connectivity index (χ2n) is 15.1. The predicted octanol–water partition coefficient (Wildman–Crippen LogP) is 12.0. The molecule has 2 aliphatic rings. The van der Waals surface area contributed by atoms with E-state index >= 15 is 0 Å². The first-order valence-electron chi connectivity index (χ1n) is 20.6. The van der Waals surface area contributed by atoms with Crippen molar-refractivity contribution < 1.29 is 0 Å². The van der Waals surface area contributed by atoms with Gasteiger partial charge in [0.2, 0.25) is 0 Å². The van der Waals surface area contributed by atoms with E-state index in [1.165, 1.54) is 0 Å². The van der Waals surface area contributed by atoms with Gasteiger partial charge < -0.3 is 10.2 Å². The van der Waals surface area contributed by atoms with Gasteiger partial charge in [0.25, 0.3) is 0 Å². The molecule has 6 nitrogen and oxygen atoms in total. The van der Waals surface area contributed by atoms with Crippen LogP contribution >= 0.6 is 0 Å². The molecule has 0 fully saturated rings. The van der Waals surface area contributed by atoms with Crippen molar-refractivity contribution in [3.05, 3.63) is 252 Å². The van der Waals surface area contributed by atoms with E-state index in [-0.39, 0.29) is 12.3 Å². The fraction of sp³-hybridized carbons (Fsp3) is 0.0545. The van der Waals surface area contributed by atoms with Gasteiger partial charge in [0, 0.05) is 29.3 Å². The Balaban J connectivity index is 1.11. The van der Waals surface area contributed by atoms with Gasteiger partial charge in [-0.25, -0.2) is 20.0 Å². The minimum Gasteiger partial charge on any atom is -0.344 e. The minimum absolute atomic E-state index is 0.249.